The number of hydrogen-bond acceptors (Lipinski definition) is 3. The van der Waals surface area contributed by atoms with Gasteiger partial charge in [-0.1, -0.05) is 26.7 Å². The van der Waals surface area contributed by atoms with Crippen molar-refractivity contribution in [2.75, 3.05) is 20.7 Å². The Morgan fingerprint density at radius 3 is 2.74 bits per heavy atom. The summed E-state index contributed by atoms with van der Waals surface area (Å²) in [6.07, 6.45) is 8.83. The predicted octanol–water partition coefficient (Wildman–Crippen LogP) is 3.29. The molecule has 6 nitrogen and oxygen atoms in total. The molecule has 3 rings (SSSR count). The third kappa shape index (κ3) is 3.86. The van der Waals surface area contributed by atoms with Gasteiger partial charge in [0.2, 0.25) is 0 Å². The van der Waals surface area contributed by atoms with Crippen molar-refractivity contribution in [2.45, 2.75) is 77.5 Å². The molecule has 27 heavy (non-hydrogen) atoms. The number of nitrogens with one attached hydrogen (secondary N) is 1. The topological polar surface area (TPSA) is 54.7 Å². The maximum Gasteiger partial charge on any atom is 0.193 e. The standard InChI is InChI=1S/C21H37N5O/c1-7-27-18-12-17(21(18)10-8-9-11-21)23-20(22-4)25(5)13-16-14-26(6)24-19(16)15(2)3/h14-15,17-18H,7-13H2,1-6H3,(H,22,23). The molecule has 1 aromatic rings. The summed E-state index contributed by atoms with van der Waals surface area (Å²) in [6.45, 7) is 8.13. The molecule has 0 saturated heterocycles. The number of ether oxygens (including phenoxy) is 1. The molecule has 2 aliphatic carbocycles. The van der Waals surface area contributed by atoms with Gasteiger partial charge in [0.25, 0.3) is 0 Å². The van der Waals surface area contributed by atoms with Gasteiger partial charge in [0, 0.05) is 57.5 Å². The maximum absolute atomic E-state index is 6.06. The van der Waals surface area contributed by atoms with Gasteiger partial charge in [-0.3, -0.25) is 9.67 Å². The molecular weight excluding hydrogens is 338 g/mol. The summed E-state index contributed by atoms with van der Waals surface area (Å²) >= 11 is 0. The maximum atomic E-state index is 6.06. The molecule has 2 saturated carbocycles. The first-order chi connectivity index (χ1) is 12.9. The lowest BCUT2D eigenvalue weighted by Crippen LogP contribution is -2.65. The highest BCUT2D eigenvalue weighted by Gasteiger charge is 2.57. The monoisotopic (exact) mass is 375 g/mol. The van der Waals surface area contributed by atoms with Crippen LogP contribution in [0.1, 0.15) is 70.1 Å². The van der Waals surface area contributed by atoms with Crippen molar-refractivity contribution in [1.29, 1.82) is 0 Å². The molecule has 2 atom stereocenters. The minimum Gasteiger partial charge on any atom is -0.378 e. The van der Waals surface area contributed by atoms with Crippen molar-refractivity contribution in [3.05, 3.63) is 17.5 Å². The Morgan fingerprint density at radius 2 is 2.15 bits per heavy atom. The van der Waals surface area contributed by atoms with E-state index in [1.54, 1.807) is 0 Å². The van der Waals surface area contributed by atoms with E-state index in [4.69, 9.17) is 4.74 Å². The van der Waals surface area contributed by atoms with Crippen LogP contribution in [0.5, 0.6) is 0 Å². The van der Waals surface area contributed by atoms with Gasteiger partial charge in [-0.2, -0.15) is 5.10 Å². The molecule has 6 heteroatoms. The van der Waals surface area contributed by atoms with Gasteiger partial charge >= 0.3 is 0 Å². The quantitative estimate of drug-likeness (QED) is 0.612. The first-order valence-electron chi connectivity index (χ1n) is 10.5. The van der Waals surface area contributed by atoms with Crippen LogP contribution in [0.4, 0.5) is 0 Å². The molecular formula is C21H37N5O. The normalized spacial score (nSPS) is 24.5. The van der Waals surface area contributed by atoms with Crippen LogP contribution in [0.2, 0.25) is 0 Å². The fourth-order valence-corrected chi connectivity index (χ4v) is 5.08. The van der Waals surface area contributed by atoms with E-state index in [1.165, 1.54) is 36.9 Å². The third-order valence-corrected chi connectivity index (χ3v) is 6.46. The van der Waals surface area contributed by atoms with E-state index in [9.17, 15) is 0 Å². The fraction of sp³-hybridized carbons (Fsp3) is 0.810. The number of guanidine groups is 1. The van der Waals surface area contributed by atoms with Crippen molar-refractivity contribution in [3.8, 4) is 0 Å². The zero-order valence-corrected chi connectivity index (χ0v) is 18.0. The van der Waals surface area contributed by atoms with Crippen LogP contribution in [0.3, 0.4) is 0 Å². The highest BCUT2D eigenvalue weighted by atomic mass is 16.5. The summed E-state index contributed by atoms with van der Waals surface area (Å²) in [7, 11) is 5.99. The molecule has 2 fully saturated rings. The average molecular weight is 376 g/mol. The van der Waals surface area contributed by atoms with E-state index in [0.29, 0.717) is 23.5 Å². The molecule has 2 aliphatic rings. The van der Waals surface area contributed by atoms with Crippen molar-refractivity contribution in [2.24, 2.45) is 17.5 Å². The molecule has 1 spiro atoms. The van der Waals surface area contributed by atoms with Crippen LogP contribution in [-0.4, -0.2) is 53.5 Å². The van der Waals surface area contributed by atoms with Crippen molar-refractivity contribution >= 4 is 5.96 Å². The van der Waals surface area contributed by atoms with Gasteiger partial charge in [-0.15, -0.1) is 0 Å². The zero-order valence-electron chi connectivity index (χ0n) is 18.0. The van der Waals surface area contributed by atoms with E-state index in [-0.39, 0.29) is 0 Å². The van der Waals surface area contributed by atoms with Gasteiger partial charge in [0.1, 0.15) is 0 Å². The second-order valence-electron chi connectivity index (χ2n) is 8.59. The number of aryl methyl sites for hydroxylation is 1. The summed E-state index contributed by atoms with van der Waals surface area (Å²) in [5.74, 6) is 1.39. The number of aliphatic imine (C=N–C) groups is 1. The van der Waals surface area contributed by atoms with E-state index >= 15 is 0 Å². The van der Waals surface area contributed by atoms with Crippen LogP contribution in [-0.2, 0) is 18.3 Å². The number of rotatable bonds is 6. The van der Waals surface area contributed by atoms with Crippen LogP contribution >= 0.6 is 0 Å². The highest BCUT2D eigenvalue weighted by Crippen LogP contribution is 2.54. The second kappa shape index (κ2) is 8.21. The molecule has 1 N–H and O–H groups in total. The van der Waals surface area contributed by atoms with Crippen molar-refractivity contribution in [1.82, 2.24) is 20.0 Å². The van der Waals surface area contributed by atoms with E-state index in [0.717, 1.165) is 25.5 Å². The molecule has 152 valence electrons. The van der Waals surface area contributed by atoms with Gasteiger partial charge < -0.3 is 15.0 Å². The molecule has 2 unspecified atom stereocenters. The Kier molecular flexibility index (Phi) is 6.14. The smallest absolute Gasteiger partial charge is 0.193 e. The average Bonchev–Trinajstić information content (AvgIpc) is 3.26. The summed E-state index contributed by atoms with van der Waals surface area (Å²) < 4.78 is 7.97. The van der Waals surface area contributed by atoms with Crippen molar-refractivity contribution < 1.29 is 4.74 Å². The predicted molar refractivity (Wildman–Crippen MR) is 110 cm³/mol. The summed E-state index contributed by atoms with van der Waals surface area (Å²) in [6, 6.07) is 0.469. The molecule has 0 radical (unpaired) electrons. The minimum absolute atomic E-state index is 0.310. The molecule has 0 bridgehead atoms. The summed E-state index contributed by atoms with van der Waals surface area (Å²) in [5.41, 5.74) is 2.76. The van der Waals surface area contributed by atoms with Gasteiger partial charge in [-0.05, 0) is 32.1 Å². The first-order valence-corrected chi connectivity index (χ1v) is 10.5. The third-order valence-electron chi connectivity index (χ3n) is 6.46. The van der Waals surface area contributed by atoms with Gasteiger partial charge in [0.05, 0.1) is 11.8 Å². The number of aromatic nitrogens is 2. The fourth-order valence-electron chi connectivity index (χ4n) is 5.08. The van der Waals surface area contributed by atoms with Crippen LogP contribution in [0.25, 0.3) is 0 Å². The first kappa shape index (κ1) is 20.2. The molecule has 0 amide bonds. The van der Waals surface area contributed by atoms with E-state index in [2.05, 4.69) is 54.3 Å². The van der Waals surface area contributed by atoms with E-state index < -0.39 is 0 Å². The van der Waals surface area contributed by atoms with Crippen molar-refractivity contribution in [3.63, 3.8) is 0 Å². The summed E-state index contributed by atoms with van der Waals surface area (Å²) in [5, 5.41) is 8.41. The van der Waals surface area contributed by atoms with Gasteiger partial charge in [-0.25, -0.2) is 0 Å². The van der Waals surface area contributed by atoms with Gasteiger partial charge in [0.15, 0.2) is 5.96 Å². The Balaban J connectivity index is 1.67. The largest absolute Gasteiger partial charge is 0.378 e. The zero-order chi connectivity index (χ0) is 19.6. The molecule has 1 heterocycles. The lowest BCUT2D eigenvalue weighted by molar-refractivity contribution is -0.126. The lowest BCUT2D eigenvalue weighted by atomic mass is 9.60. The van der Waals surface area contributed by atoms with Crippen LogP contribution in [0, 0.1) is 5.41 Å². The molecule has 1 aromatic heterocycles. The highest BCUT2D eigenvalue weighted by molar-refractivity contribution is 5.80. The Hall–Kier alpha value is -1.56. The SMILES string of the molecule is CCOC1CC(NC(=NC)N(C)Cc2cn(C)nc2C(C)C)C12CCCC2. The number of nitrogens with zero attached hydrogens (tertiary/aromatic N) is 4. The second-order valence-corrected chi connectivity index (χ2v) is 8.59. The Bertz CT molecular complexity index is 660. The van der Waals surface area contributed by atoms with Crippen LogP contribution in [0.15, 0.2) is 11.2 Å². The molecule has 0 aliphatic heterocycles. The van der Waals surface area contributed by atoms with Crippen LogP contribution < -0.4 is 5.32 Å². The number of hydrogen-bond donors (Lipinski definition) is 1. The Labute approximate surface area is 164 Å². The molecule has 0 aromatic carbocycles. The lowest BCUT2D eigenvalue weighted by Gasteiger charge is -2.54. The summed E-state index contributed by atoms with van der Waals surface area (Å²) in [4.78, 5) is 6.80. The Morgan fingerprint density at radius 1 is 1.44 bits per heavy atom. The van der Waals surface area contributed by atoms with E-state index in [1.807, 2.05) is 18.8 Å². The minimum atomic E-state index is 0.310.